The van der Waals surface area contributed by atoms with Gasteiger partial charge in [0.05, 0.1) is 11.7 Å². The van der Waals surface area contributed by atoms with Crippen molar-refractivity contribution >= 4 is 27.6 Å². The third-order valence-electron chi connectivity index (χ3n) is 2.74. The first kappa shape index (κ1) is 11.8. The van der Waals surface area contributed by atoms with E-state index in [2.05, 4.69) is 39.7 Å². The van der Waals surface area contributed by atoms with Crippen molar-refractivity contribution in [1.29, 1.82) is 0 Å². The number of nitrogens with zero attached hydrogens (tertiary/aromatic N) is 3. The smallest absolute Gasteiger partial charge is 0.193 e. The quantitative estimate of drug-likeness (QED) is 0.797. The van der Waals surface area contributed by atoms with Gasteiger partial charge in [-0.05, 0) is 13.8 Å². The molecule has 0 radical (unpaired) electrons. The maximum Gasteiger partial charge on any atom is 0.193 e. The zero-order valence-electron chi connectivity index (χ0n) is 10.3. The number of nitrogens with one attached hydrogen (secondary N) is 1. The molecule has 6 heteroatoms. The minimum atomic E-state index is 0.267. The predicted molar refractivity (Wildman–Crippen MR) is 75.2 cm³/mol. The normalized spacial score (nSPS) is 13.2. The number of thiazole rings is 2. The number of imidazole rings is 1. The molecule has 0 amide bonds. The molecule has 18 heavy (non-hydrogen) atoms. The van der Waals surface area contributed by atoms with Gasteiger partial charge in [-0.2, -0.15) is 0 Å². The molecular formula is C12H14N4S2. The van der Waals surface area contributed by atoms with E-state index in [1.807, 2.05) is 17.8 Å². The maximum atomic E-state index is 4.55. The van der Waals surface area contributed by atoms with Crippen molar-refractivity contribution < 1.29 is 0 Å². The lowest BCUT2D eigenvalue weighted by Gasteiger charge is -2.09. The number of hydrogen-bond acceptors (Lipinski definition) is 5. The van der Waals surface area contributed by atoms with E-state index in [1.54, 1.807) is 22.7 Å². The van der Waals surface area contributed by atoms with E-state index in [-0.39, 0.29) is 6.04 Å². The molecule has 0 fully saturated rings. The molecule has 3 aromatic rings. The highest BCUT2D eigenvalue weighted by Gasteiger charge is 2.10. The molecular weight excluding hydrogens is 264 g/mol. The SMILES string of the molecule is Cc1cnc(C(C)NCc2cn3ccsc3n2)s1. The second kappa shape index (κ2) is 4.79. The fraction of sp³-hybridized carbons (Fsp3) is 0.333. The van der Waals surface area contributed by atoms with Crippen LogP contribution in [0.3, 0.4) is 0 Å². The highest BCUT2D eigenvalue weighted by molar-refractivity contribution is 7.15. The predicted octanol–water partition coefficient (Wildman–Crippen LogP) is 3.01. The molecule has 1 N–H and O–H groups in total. The molecule has 3 rings (SSSR count). The van der Waals surface area contributed by atoms with Gasteiger partial charge in [0.25, 0.3) is 0 Å². The molecule has 0 aromatic carbocycles. The minimum absolute atomic E-state index is 0.267. The molecule has 0 aliphatic carbocycles. The van der Waals surface area contributed by atoms with Crippen LogP contribution in [-0.4, -0.2) is 14.4 Å². The van der Waals surface area contributed by atoms with Crippen LogP contribution in [0.2, 0.25) is 0 Å². The summed E-state index contributed by atoms with van der Waals surface area (Å²) in [6.07, 6.45) is 6.02. The van der Waals surface area contributed by atoms with Gasteiger partial charge in [-0.15, -0.1) is 22.7 Å². The molecule has 0 saturated heterocycles. The fourth-order valence-electron chi connectivity index (χ4n) is 1.78. The van der Waals surface area contributed by atoms with Crippen LogP contribution in [-0.2, 0) is 6.54 Å². The summed E-state index contributed by atoms with van der Waals surface area (Å²) in [6.45, 7) is 4.99. The molecule has 0 spiro atoms. The summed E-state index contributed by atoms with van der Waals surface area (Å²) in [6, 6.07) is 0.267. The summed E-state index contributed by atoms with van der Waals surface area (Å²) < 4.78 is 2.06. The highest BCUT2D eigenvalue weighted by Crippen LogP contribution is 2.19. The third-order valence-corrected chi connectivity index (χ3v) is 4.61. The van der Waals surface area contributed by atoms with Crippen LogP contribution < -0.4 is 5.32 Å². The Bertz CT molecular complexity index is 623. The Hall–Kier alpha value is -1.24. The standard InChI is InChI=1S/C12H14N4S2/c1-8-5-14-11(18-8)9(2)13-6-10-7-16-3-4-17-12(16)15-10/h3-5,7,9,13H,6H2,1-2H3. The molecule has 1 atom stereocenters. The maximum absolute atomic E-state index is 4.55. The van der Waals surface area contributed by atoms with Crippen LogP contribution >= 0.6 is 22.7 Å². The summed E-state index contributed by atoms with van der Waals surface area (Å²) in [7, 11) is 0. The fourth-order valence-corrected chi connectivity index (χ4v) is 3.30. The van der Waals surface area contributed by atoms with Crippen molar-refractivity contribution in [3.05, 3.63) is 39.5 Å². The summed E-state index contributed by atoms with van der Waals surface area (Å²) in [4.78, 5) is 11.2. The lowest BCUT2D eigenvalue weighted by molar-refractivity contribution is 0.566. The largest absolute Gasteiger partial charge is 0.302 e. The molecule has 0 bridgehead atoms. The number of aryl methyl sites for hydroxylation is 1. The van der Waals surface area contributed by atoms with E-state index >= 15 is 0 Å². The lowest BCUT2D eigenvalue weighted by Crippen LogP contribution is -2.18. The molecule has 1 unspecified atom stereocenters. The molecule has 94 valence electrons. The van der Waals surface area contributed by atoms with Crippen molar-refractivity contribution in [3.63, 3.8) is 0 Å². The van der Waals surface area contributed by atoms with E-state index in [0.29, 0.717) is 0 Å². The van der Waals surface area contributed by atoms with Crippen LogP contribution in [0.5, 0.6) is 0 Å². The number of aromatic nitrogens is 3. The average molecular weight is 278 g/mol. The van der Waals surface area contributed by atoms with Crippen molar-refractivity contribution in [3.8, 4) is 0 Å². The van der Waals surface area contributed by atoms with Gasteiger partial charge in [-0.1, -0.05) is 0 Å². The summed E-state index contributed by atoms with van der Waals surface area (Å²) in [5.74, 6) is 0. The van der Waals surface area contributed by atoms with Gasteiger partial charge in [0.15, 0.2) is 4.96 Å². The van der Waals surface area contributed by atoms with E-state index in [0.717, 1.165) is 22.2 Å². The Morgan fingerprint density at radius 2 is 2.39 bits per heavy atom. The first-order chi connectivity index (χ1) is 8.72. The number of fused-ring (bicyclic) bond motifs is 1. The van der Waals surface area contributed by atoms with E-state index in [1.165, 1.54) is 4.88 Å². The van der Waals surface area contributed by atoms with E-state index < -0.39 is 0 Å². The van der Waals surface area contributed by atoms with Crippen molar-refractivity contribution in [2.45, 2.75) is 26.4 Å². The zero-order valence-corrected chi connectivity index (χ0v) is 11.9. The van der Waals surface area contributed by atoms with Gasteiger partial charge in [-0.3, -0.25) is 4.40 Å². The Labute approximate surface area is 113 Å². The van der Waals surface area contributed by atoms with E-state index in [4.69, 9.17) is 0 Å². The summed E-state index contributed by atoms with van der Waals surface area (Å²) in [5.41, 5.74) is 1.07. The molecule has 3 aromatic heterocycles. The second-order valence-electron chi connectivity index (χ2n) is 4.24. The van der Waals surface area contributed by atoms with Gasteiger partial charge >= 0.3 is 0 Å². The number of rotatable bonds is 4. The monoisotopic (exact) mass is 278 g/mol. The minimum Gasteiger partial charge on any atom is -0.302 e. The summed E-state index contributed by atoms with van der Waals surface area (Å²) in [5, 5.41) is 6.63. The Balaban J connectivity index is 1.65. The number of hydrogen-bond donors (Lipinski definition) is 1. The van der Waals surface area contributed by atoms with Gasteiger partial charge < -0.3 is 5.32 Å². The van der Waals surface area contributed by atoms with Crippen molar-refractivity contribution in [1.82, 2.24) is 19.7 Å². The Morgan fingerprint density at radius 3 is 3.11 bits per heavy atom. The zero-order chi connectivity index (χ0) is 12.5. The highest BCUT2D eigenvalue weighted by atomic mass is 32.1. The molecule has 0 saturated carbocycles. The van der Waals surface area contributed by atoms with Gasteiger partial charge in [0.2, 0.25) is 0 Å². The first-order valence-corrected chi connectivity index (χ1v) is 7.49. The Kier molecular flexibility index (Phi) is 3.15. The second-order valence-corrected chi connectivity index (χ2v) is 6.38. The lowest BCUT2D eigenvalue weighted by atomic mass is 10.3. The van der Waals surface area contributed by atoms with Gasteiger partial charge in [0, 0.05) is 35.4 Å². The van der Waals surface area contributed by atoms with Gasteiger partial charge in [-0.25, -0.2) is 9.97 Å². The van der Waals surface area contributed by atoms with Crippen LogP contribution in [0.1, 0.15) is 28.5 Å². The van der Waals surface area contributed by atoms with Crippen LogP contribution in [0, 0.1) is 6.92 Å². The van der Waals surface area contributed by atoms with Gasteiger partial charge in [0.1, 0.15) is 5.01 Å². The van der Waals surface area contributed by atoms with E-state index in [9.17, 15) is 0 Å². The molecule has 0 aliphatic heterocycles. The van der Waals surface area contributed by atoms with Crippen molar-refractivity contribution in [2.24, 2.45) is 0 Å². The Morgan fingerprint density at radius 1 is 1.50 bits per heavy atom. The molecule has 0 aliphatic rings. The topological polar surface area (TPSA) is 42.2 Å². The molecule has 3 heterocycles. The van der Waals surface area contributed by atoms with Crippen molar-refractivity contribution in [2.75, 3.05) is 0 Å². The average Bonchev–Trinajstić information content (AvgIpc) is 3.00. The molecule has 4 nitrogen and oxygen atoms in total. The third kappa shape index (κ3) is 2.31. The van der Waals surface area contributed by atoms with Crippen LogP contribution in [0.25, 0.3) is 4.96 Å². The summed E-state index contributed by atoms with van der Waals surface area (Å²) >= 11 is 3.40. The van der Waals surface area contributed by atoms with Crippen LogP contribution in [0.4, 0.5) is 0 Å². The van der Waals surface area contributed by atoms with Crippen LogP contribution in [0.15, 0.2) is 24.0 Å². The first-order valence-electron chi connectivity index (χ1n) is 5.79.